The van der Waals surface area contributed by atoms with Gasteiger partial charge in [0.15, 0.2) is 0 Å². The molecular weight excluding hydrogens is 355 g/mol. The number of piperidine rings is 1. The first kappa shape index (κ1) is 18.5. The van der Waals surface area contributed by atoms with Gasteiger partial charge >= 0.3 is 5.97 Å². The number of likely N-dealkylation sites (tertiary alicyclic amines) is 1. The fourth-order valence-electron chi connectivity index (χ4n) is 2.63. The summed E-state index contributed by atoms with van der Waals surface area (Å²) in [4.78, 5) is 38.5. The van der Waals surface area contributed by atoms with Gasteiger partial charge in [0.05, 0.1) is 22.5 Å². The summed E-state index contributed by atoms with van der Waals surface area (Å²) in [5, 5.41) is 9.69. The topological polar surface area (TPSA) is 77.9 Å². The van der Waals surface area contributed by atoms with Gasteiger partial charge in [0.25, 0.3) is 5.91 Å². The number of carboxylic acid groups (broad SMARTS) is 1. The summed E-state index contributed by atoms with van der Waals surface area (Å²) in [6, 6.07) is 4.52. The Morgan fingerprint density at radius 1 is 1.29 bits per heavy atom. The molecule has 0 saturated carbocycles. The van der Waals surface area contributed by atoms with Crippen LogP contribution in [-0.2, 0) is 9.59 Å². The zero-order valence-corrected chi connectivity index (χ0v) is 14.7. The van der Waals surface area contributed by atoms with Crippen molar-refractivity contribution in [3.8, 4) is 0 Å². The van der Waals surface area contributed by atoms with Crippen LogP contribution in [0, 0.1) is 5.92 Å². The summed E-state index contributed by atoms with van der Waals surface area (Å²) >= 11 is 11.7. The van der Waals surface area contributed by atoms with Gasteiger partial charge < -0.3 is 14.9 Å². The standard InChI is InChI=1S/C16H18Cl2N2O4/c1-19(15(22)10-4-5-12(17)13(18)7-10)9-14(21)20-6-2-3-11(8-20)16(23)24/h4-5,7,11H,2-3,6,8-9H2,1H3,(H,23,24). The second-order valence-electron chi connectivity index (χ2n) is 5.81. The molecule has 1 aliphatic rings. The van der Waals surface area contributed by atoms with Crippen molar-refractivity contribution in [3.05, 3.63) is 33.8 Å². The number of nitrogens with zero attached hydrogens (tertiary/aromatic N) is 2. The Morgan fingerprint density at radius 2 is 2.00 bits per heavy atom. The van der Waals surface area contributed by atoms with Crippen LogP contribution in [0.25, 0.3) is 0 Å². The van der Waals surface area contributed by atoms with Crippen LogP contribution in [0.1, 0.15) is 23.2 Å². The van der Waals surface area contributed by atoms with Gasteiger partial charge in [-0.2, -0.15) is 0 Å². The monoisotopic (exact) mass is 372 g/mol. The molecule has 0 aromatic heterocycles. The van der Waals surface area contributed by atoms with Crippen molar-refractivity contribution in [1.82, 2.24) is 9.80 Å². The van der Waals surface area contributed by atoms with E-state index in [9.17, 15) is 14.4 Å². The Labute approximate surface area is 149 Å². The second kappa shape index (κ2) is 7.85. The largest absolute Gasteiger partial charge is 0.481 e. The molecule has 8 heteroatoms. The molecule has 1 unspecified atom stereocenters. The number of amides is 2. The van der Waals surface area contributed by atoms with Crippen molar-refractivity contribution in [2.75, 3.05) is 26.7 Å². The molecule has 1 saturated heterocycles. The molecule has 0 aliphatic carbocycles. The molecule has 1 heterocycles. The zero-order chi connectivity index (χ0) is 17.9. The average molecular weight is 373 g/mol. The molecule has 1 fully saturated rings. The summed E-state index contributed by atoms with van der Waals surface area (Å²) in [6.45, 7) is 0.575. The van der Waals surface area contributed by atoms with Gasteiger partial charge in [-0.05, 0) is 31.0 Å². The lowest BCUT2D eigenvalue weighted by atomic mass is 9.98. The molecule has 2 rings (SSSR count). The van der Waals surface area contributed by atoms with E-state index in [0.717, 1.165) is 0 Å². The molecule has 1 atom stereocenters. The third kappa shape index (κ3) is 4.39. The number of hydrogen-bond acceptors (Lipinski definition) is 3. The van der Waals surface area contributed by atoms with Crippen LogP contribution in [0.3, 0.4) is 0 Å². The number of likely N-dealkylation sites (N-methyl/N-ethyl adjacent to an activating group) is 1. The SMILES string of the molecule is CN(CC(=O)N1CCCC(C(=O)O)C1)C(=O)c1ccc(Cl)c(Cl)c1. The van der Waals surface area contributed by atoms with E-state index < -0.39 is 11.9 Å². The molecule has 0 spiro atoms. The van der Waals surface area contributed by atoms with E-state index >= 15 is 0 Å². The Hall–Kier alpha value is -1.79. The number of carboxylic acids is 1. The van der Waals surface area contributed by atoms with Crippen LogP contribution in [0.15, 0.2) is 18.2 Å². The van der Waals surface area contributed by atoms with E-state index in [1.54, 1.807) is 6.07 Å². The molecule has 0 bridgehead atoms. The number of carbonyl (C=O) groups excluding carboxylic acids is 2. The van der Waals surface area contributed by atoms with Crippen molar-refractivity contribution in [1.29, 1.82) is 0 Å². The average Bonchev–Trinajstić information content (AvgIpc) is 2.56. The number of hydrogen-bond donors (Lipinski definition) is 1. The smallest absolute Gasteiger partial charge is 0.308 e. The number of benzene rings is 1. The fraction of sp³-hybridized carbons (Fsp3) is 0.438. The van der Waals surface area contributed by atoms with E-state index in [4.69, 9.17) is 28.3 Å². The quantitative estimate of drug-likeness (QED) is 0.879. The normalized spacial score (nSPS) is 17.5. The van der Waals surface area contributed by atoms with Gasteiger partial charge in [-0.1, -0.05) is 23.2 Å². The Morgan fingerprint density at radius 3 is 2.62 bits per heavy atom. The molecule has 0 radical (unpaired) electrons. The maximum Gasteiger partial charge on any atom is 0.308 e. The van der Waals surface area contributed by atoms with E-state index in [2.05, 4.69) is 0 Å². The van der Waals surface area contributed by atoms with Gasteiger partial charge in [0.1, 0.15) is 0 Å². The number of halogens is 2. The van der Waals surface area contributed by atoms with Crippen LogP contribution in [-0.4, -0.2) is 59.4 Å². The van der Waals surface area contributed by atoms with Gasteiger partial charge in [-0.3, -0.25) is 14.4 Å². The van der Waals surface area contributed by atoms with Gasteiger partial charge in [0.2, 0.25) is 5.91 Å². The lowest BCUT2D eigenvalue weighted by Crippen LogP contribution is -2.46. The van der Waals surface area contributed by atoms with Crippen molar-refractivity contribution >= 4 is 41.0 Å². The molecule has 24 heavy (non-hydrogen) atoms. The zero-order valence-electron chi connectivity index (χ0n) is 13.2. The molecular formula is C16H18Cl2N2O4. The minimum Gasteiger partial charge on any atom is -0.481 e. The third-order valence-corrected chi connectivity index (χ3v) is 4.75. The lowest BCUT2D eigenvalue weighted by molar-refractivity contribution is -0.145. The predicted octanol–water partition coefficient (Wildman–Crippen LogP) is 2.39. The molecule has 2 amide bonds. The van der Waals surface area contributed by atoms with Crippen molar-refractivity contribution < 1.29 is 19.5 Å². The molecule has 130 valence electrons. The van der Waals surface area contributed by atoms with E-state index in [1.165, 1.54) is 29.0 Å². The molecule has 1 N–H and O–H groups in total. The molecule has 1 aliphatic heterocycles. The number of rotatable bonds is 4. The van der Waals surface area contributed by atoms with Crippen LogP contribution in [0.2, 0.25) is 10.0 Å². The minimum absolute atomic E-state index is 0.120. The maximum atomic E-state index is 12.4. The maximum absolute atomic E-state index is 12.4. The van der Waals surface area contributed by atoms with Gasteiger partial charge in [-0.15, -0.1) is 0 Å². The number of aliphatic carboxylic acids is 1. The summed E-state index contributed by atoms with van der Waals surface area (Å²) in [6.07, 6.45) is 1.21. The summed E-state index contributed by atoms with van der Waals surface area (Å²) in [7, 11) is 1.52. The number of carbonyl (C=O) groups is 3. The Balaban J connectivity index is 1.98. The van der Waals surface area contributed by atoms with Crippen LogP contribution < -0.4 is 0 Å². The first-order valence-corrected chi connectivity index (χ1v) is 8.26. The highest BCUT2D eigenvalue weighted by atomic mass is 35.5. The first-order chi connectivity index (χ1) is 11.3. The van der Waals surface area contributed by atoms with Crippen LogP contribution in [0.4, 0.5) is 0 Å². The predicted molar refractivity (Wildman–Crippen MR) is 90.4 cm³/mol. The minimum atomic E-state index is -0.896. The Kier molecular flexibility index (Phi) is 6.07. The van der Waals surface area contributed by atoms with Gasteiger partial charge in [0, 0.05) is 25.7 Å². The van der Waals surface area contributed by atoms with E-state index in [-0.39, 0.29) is 29.9 Å². The first-order valence-electron chi connectivity index (χ1n) is 7.50. The van der Waals surface area contributed by atoms with E-state index in [1.807, 2.05) is 0 Å². The van der Waals surface area contributed by atoms with Crippen LogP contribution >= 0.6 is 23.2 Å². The summed E-state index contributed by atoms with van der Waals surface area (Å²) in [5.41, 5.74) is 0.335. The van der Waals surface area contributed by atoms with Crippen molar-refractivity contribution in [3.63, 3.8) is 0 Å². The fourth-order valence-corrected chi connectivity index (χ4v) is 2.93. The highest BCUT2D eigenvalue weighted by molar-refractivity contribution is 6.42. The summed E-state index contributed by atoms with van der Waals surface area (Å²) < 4.78 is 0. The van der Waals surface area contributed by atoms with Crippen molar-refractivity contribution in [2.45, 2.75) is 12.8 Å². The lowest BCUT2D eigenvalue weighted by Gasteiger charge is -2.32. The van der Waals surface area contributed by atoms with E-state index in [0.29, 0.717) is 30.0 Å². The van der Waals surface area contributed by atoms with Crippen LogP contribution in [0.5, 0.6) is 0 Å². The highest BCUT2D eigenvalue weighted by Crippen LogP contribution is 2.23. The summed E-state index contributed by atoms with van der Waals surface area (Å²) in [5.74, 6) is -2.06. The third-order valence-electron chi connectivity index (χ3n) is 4.01. The molecule has 1 aromatic rings. The van der Waals surface area contributed by atoms with Crippen molar-refractivity contribution in [2.24, 2.45) is 5.92 Å². The molecule has 6 nitrogen and oxygen atoms in total. The van der Waals surface area contributed by atoms with Gasteiger partial charge in [-0.25, -0.2) is 0 Å². The highest BCUT2D eigenvalue weighted by Gasteiger charge is 2.29. The Bertz CT molecular complexity index is 665. The second-order valence-corrected chi connectivity index (χ2v) is 6.62. The molecule has 1 aromatic carbocycles.